The monoisotopic (exact) mass is 252 g/mol. The molecule has 0 aromatic carbocycles. The van der Waals surface area contributed by atoms with E-state index < -0.39 is 15.3 Å². The van der Waals surface area contributed by atoms with Crippen molar-refractivity contribution in [3.63, 3.8) is 0 Å². The number of rotatable bonds is 2. The summed E-state index contributed by atoms with van der Waals surface area (Å²) in [7, 11) is 0. The second-order valence-corrected chi connectivity index (χ2v) is 4.09. The van der Waals surface area contributed by atoms with Crippen molar-refractivity contribution in [2.75, 3.05) is 0 Å². The standard InChI is InChI=1S/CH2Br2O3S/c2-1(3)6-7(4)5/h1H,(H,4,5). The molecule has 0 aromatic rings. The van der Waals surface area contributed by atoms with Crippen molar-refractivity contribution >= 4 is 43.2 Å². The minimum absolute atomic E-state index is 0.550. The molecule has 1 atom stereocenters. The average Bonchev–Trinajstić information content (AvgIpc) is 1.27. The molecule has 1 N–H and O–H groups in total. The Hall–Kier alpha value is 1.03. The molecule has 0 aromatic heterocycles. The maximum atomic E-state index is 9.64. The molecule has 1 unspecified atom stereocenters. The smallest absolute Gasteiger partial charge is 0.284 e. The minimum Gasteiger partial charge on any atom is -0.284 e. The Balaban J connectivity index is 3.13. The summed E-state index contributed by atoms with van der Waals surface area (Å²) in [6, 6.07) is 0. The van der Waals surface area contributed by atoms with Gasteiger partial charge < -0.3 is 0 Å². The zero-order valence-electron chi connectivity index (χ0n) is 3.01. The van der Waals surface area contributed by atoms with Gasteiger partial charge in [0.15, 0.2) is 3.92 Å². The summed E-state index contributed by atoms with van der Waals surface area (Å²) in [6.45, 7) is 0. The number of alkyl halides is 2. The van der Waals surface area contributed by atoms with Crippen LogP contribution in [-0.4, -0.2) is 12.7 Å². The fourth-order valence-electron chi connectivity index (χ4n) is 0.0622. The second kappa shape index (κ2) is 3.96. The lowest BCUT2D eigenvalue weighted by molar-refractivity contribution is 0.352. The van der Waals surface area contributed by atoms with Crippen LogP contribution in [-0.2, 0) is 15.5 Å². The van der Waals surface area contributed by atoms with Gasteiger partial charge in [0.1, 0.15) is 0 Å². The Morgan fingerprint density at radius 1 is 1.71 bits per heavy atom. The van der Waals surface area contributed by atoms with Crippen molar-refractivity contribution in [1.29, 1.82) is 0 Å². The Morgan fingerprint density at radius 3 is 2.14 bits per heavy atom. The molecule has 44 valence electrons. The zero-order valence-corrected chi connectivity index (χ0v) is 6.99. The van der Waals surface area contributed by atoms with Gasteiger partial charge in [0.2, 0.25) is 0 Å². The summed E-state index contributed by atoms with van der Waals surface area (Å²) < 4.78 is 21.1. The van der Waals surface area contributed by atoms with E-state index in [4.69, 9.17) is 4.55 Å². The molecule has 6 heteroatoms. The quantitative estimate of drug-likeness (QED) is 0.595. The number of hydrogen-bond donors (Lipinski definition) is 1. The first kappa shape index (κ1) is 8.03. The normalized spacial score (nSPS) is 14.9. The predicted octanol–water partition coefficient (Wildman–Crippen LogP) is 1.21. The zero-order chi connectivity index (χ0) is 5.86. The van der Waals surface area contributed by atoms with Gasteiger partial charge >= 0.3 is 11.4 Å². The molecule has 0 heterocycles. The molecule has 0 radical (unpaired) electrons. The molecule has 0 rings (SSSR count). The first-order valence-electron chi connectivity index (χ1n) is 1.19. The van der Waals surface area contributed by atoms with E-state index in [1.165, 1.54) is 0 Å². The molecule has 0 amide bonds. The van der Waals surface area contributed by atoms with E-state index in [9.17, 15) is 4.21 Å². The van der Waals surface area contributed by atoms with E-state index >= 15 is 0 Å². The Kier molecular flexibility index (Phi) is 4.55. The summed E-state index contributed by atoms with van der Waals surface area (Å²) in [4.78, 5) is 0. The molecule has 3 nitrogen and oxygen atoms in total. The van der Waals surface area contributed by atoms with Gasteiger partial charge in [-0.25, -0.2) is 4.18 Å². The molecule has 0 aliphatic heterocycles. The summed E-state index contributed by atoms with van der Waals surface area (Å²) in [5.41, 5.74) is 0. The highest BCUT2D eigenvalue weighted by atomic mass is 79.9. The van der Waals surface area contributed by atoms with E-state index in [-0.39, 0.29) is 0 Å². The van der Waals surface area contributed by atoms with Gasteiger partial charge in [-0.15, -0.1) is 0 Å². The van der Waals surface area contributed by atoms with Gasteiger partial charge in [-0.1, -0.05) is 0 Å². The SMILES string of the molecule is O=S(O)OC(Br)Br. The van der Waals surface area contributed by atoms with Crippen molar-refractivity contribution in [2.45, 2.75) is 3.92 Å². The summed E-state index contributed by atoms with van der Waals surface area (Å²) in [5, 5.41) is 0. The van der Waals surface area contributed by atoms with Crippen LogP contribution >= 0.6 is 31.9 Å². The minimum atomic E-state index is -2.19. The molecule has 0 saturated heterocycles. The Labute approximate surface area is 60.2 Å². The molecule has 0 fully saturated rings. The summed E-state index contributed by atoms with van der Waals surface area (Å²) in [5.74, 6) is 0. The Bertz CT molecular complexity index is 73.3. The topological polar surface area (TPSA) is 46.5 Å². The second-order valence-electron chi connectivity index (χ2n) is 0.574. The largest absolute Gasteiger partial charge is 0.303 e. The van der Waals surface area contributed by atoms with Crippen LogP contribution in [0.2, 0.25) is 0 Å². The van der Waals surface area contributed by atoms with Crippen LogP contribution in [0, 0.1) is 0 Å². The highest BCUT2D eigenvalue weighted by Gasteiger charge is 1.99. The lowest BCUT2D eigenvalue weighted by Crippen LogP contribution is -1.96. The van der Waals surface area contributed by atoms with Crippen LogP contribution in [0.5, 0.6) is 0 Å². The molecular formula is CH2Br2O3S. The molecule has 7 heavy (non-hydrogen) atoms. The highest BCUT2D eigenvalue weighted by Crippen LogP contribution is 2.09. The van der Waals surface area contributed by atoms with Crippen molar-refractivity contribution in [1.82, 2.24) is 0 Å². The van der Waals surface area contributed by atoms with Crippen molar-refractivity contribution in [3.8, 4) is 0 Å². The molecule has 0 spiro atoms. The molecule has 0 saturated carbocycles. The third kappa shape index (κ3) is 7.03. The van der Waals surface area contributed by atoms with Crippen molar-refractivity contribution in [3.05, 3.63) is 0 Å². The van der Waals surface area contributed by atoms with Crippen LogP contribution in [0.15, 0.2) is 0 Å². The van der Waals surface area contributed by atoms with Crippen LogP contribution in [0.4, 0.5) is 0 Å². The van der Waals surface area contributed by atoms with Gasteiger partial charge in [0.05, 0.1) is 0 Å². The maximum absolute atomic E-state index is 9.64. The third-order valence-electron chi connectivity index (χ3n) is 0.155. The lowest BCUT2D eigenvalue weighted by atomic mass is 11.7. The number of halogens is 2. The van der Waals surface area contributed by atoms with Crippen molar-refractivity contribution < 1.29 is 12.9 Å². The molecule has 0 bridgehead atoms. The number of hydrogen-bond acceptors (Lipinski definition) is 2. The van der Waals surface area contributed by atoms with Gasteiger partial charge in [0, 0.05) is 0 Å². The van der Waals surface area contributed by atoms with Crippen LogP contribution < -0.4 is 0 Å². The van der Waals surface area contributed by atoms with Gasteiger partial charge in [-0.2, -0.15) is 4.21 Å². The molecule has 0 aliphatic rings. The van der Waals surface area contributed by atoms with E-state index in [1.54, 1.807) is 0 Å². The average molecular weight is 254 g/mol. The van der Waals surface area contributed by atoms with E-state index in [1.807, 2.05) is 0 Å². The first-order chi connectivity index (χ1) is 3.13. The van der Waals surface area contributed by atoms with Crippen LogP contribution in [0.1, 0.15) is 0 Å². The predicted molar refractivity (Wildman–Crippen MR) is 33.5 cm³/mol. The Morgan fingerprint density at radius 2 is 2.14 bits per heavy atom. The van der Waals surface area contributed by atoms with Crippen LogP contribution in [0.25, 0.3) is 0 Å². The molecule has 0 aliphatic carbocycles. The third-order valence-corrected chi connectivity index (χ3v) is 1.38. The summed E-state index contributed by atoms with van der Waals surface area (Å²) in [6.07, 6.45) is 0. The fourth-order valence-corrected chi connectivity index (χ4v) is 0.970. The fraction of sp³-hybridized carbons (Fsp3) is 1.00. The lowest BCUT2D eigenvalue weighted by Gasteiger charge is -1.93. The highest BCUT2D eigenvalue weighted by molar-refractivity contribution is 9.24. The van der Waals surface area contributed by atoms with E-state index in [2.05, 4.69) is 36.0 Å². The van der Waals surface area contributed by atoms with Gasteiger partial charge in [-0.3, -0.25) is 4.55 Å². The van der Waals surface area contributed by atoms with Gasteiger partial charge in [0.25, 0.3) is 0 Å². The first-order valence-corrected chi connectivity index (χ1v) is 4.05. The maximum Gasteiger partial charge on any atom is 0.303 e. The molecular weight excluding hydrogens is 252 g/mol. The van der Waals surface area contributed by atoms with E-state index in [0.717, 1.165) is 0 Å². The summed E-state index contributed by atoms with van der Waals surface area (Å²) >= 11 is 3.44. The van der Waals surface area contributed by atoms with Crippen molar-refractivity contribution in [2.24, 2.45) is 0 Å². The van der Waals surface area contributed by atoms with Crippen LogP contribution in [0.3, 0.4) is 0 Å². The van der Waals surface area contributed by atoms with E-state index in [0.29, 0.717) is 0 Å². The van der Waals surface area contributed by atoms with Gasteiger partial charge in [-0.05, 0) is 31.9 Å².